The summed E-state index contributed by atoms with van der Waals surface area (Å²) < 4.78 is 9.09. The molecule has 0 saturated carbocycles. The maximum absolute atomic E-state index is 12.4. The summed E-state index contributed by atoms with van der Waals surface area (Å²) in [5, 5.41) is 7.47. The lowest BCUT2D eigenvalue weighted by atomic mass is 10.0. The van der Waals surface area contributed by atoms with Crippen LogP contribution in [0.15, 0.2) is 47.9 Å². The molecule has 0 N–H and O–H groups in total. The molecule has 5 heteroatoms. The van der Waals surface area contributed by atoms with Crippen LogP contribution in [0.3, 0.4) is 0 Å². The van der Waals surface area contributed by atoms with Gasteiger partial charge in [0.25, 0.3) is 0 Å². The fourth-order valence-corrected chi connectivity index (χ4v) is 2.58. The molecule has 0 aliphatic heterocycles. The van der Waals surface area contributed by atoms with Crippen LogP contribution in [0.25, 0.3) is 16.8 Å². The number of aromatic nitrogens is 2. The van der Waals surface area contributed by atoms with E-state index >= 15 is 0 Å². The zero-order valence-electron chi connectivity index (χ0n) is 11.3. The van der Waals surface area contributed by atoms with Crippen LogP contribution in [-0.4, -0.2) is 22.5 Å². The fraction of sp³-hybridized carbons (Fsp3) is 0.0625. The Kier molecular flexibility index (Phi) is 3.75. The summed E-state index contributed by atoms with van der Waals surface area (Å²) in [6.45, 7) is 0. The number of fused-ring (bicyclic) bond motifs is 1. The lowest BCUT2D eigenvalue weighted by Crippen LogP contribution is -1.97. The van der Waals surface area contributed by atoms with Crippen LogP contribution in [0.2, 0.25) is 0 Å². The van der Waals surface area contributed by atoms with E-state index in [1.807, 2.05) is 30.3 Å². The number of ether oxygens (including phenoxy) is 1. The van der Waals surface area contributed by atoms with E-state index in [0.29, 0.717) is 11.3 Å². The quantitative estimate of drug-likeness (QED) is 0.545. The molecule has 3 aromatic rings. The lowest BCUT2D eigenvalue weighted by molar-refractivity contribution is 0.104. The van der Waals surface area contributed by atoms with Crippen LogP contribution in [0.1, 0.15) is 16.1 Å². The summed E-state index contributed by atoms with van der Waals surface area (Å²) in [6, 6.07) is 11.3. The number of methoxy groups -OCH3 is 1. The lowest BCUT2D eigenvalue weighted by Gasteiger charge is -2.08. The summed E-state index contributed by atoms with van der Waals surface area (Å²) in [4.78, 5) is 12.4. The van der Waals surface area contributed by atoms with Gasteiger partial charge in [-0.25, -0.2) is 0 Å². The van der Waals surface area contributed by atoms with E-state index in [-0.39, 0.29) is 5.78 Å². The number of benzene rings is 2. The third-order valence-corrected chi connectivity index (χ3v) is 3.67. The molecule has 0 amide bonds. The van der Waals surface area contributed by atoms with Gasteiger partial charge in [-0.15, -0.1) is 5.10 Å². The molecule has 0 fully saturated rings. The Hall–Kier alpha value is -2.53. The molecule has 0 radical (unpaired) electrons. The topological polar surface area (TPSA) is 52.1 Å². The van der Waals surface area contributed by atoms with Crippen molar-refractivity contribution in [2.45, 2.75) is 0 Å². The minimum Gasteiger partial charge on any atom is -0.496 e. The van der Waals surface area contributed by atoms with Crippen molar-refractivity contribution in [3.05, 3.63) is 59.1 Å². The van der Waals surface area contributed by atoms with Crippen molar-refractivity contribution < 1.29 is 9.53 Å². The molecule has 1 heterocycles. The first-order valence-electron chi connectivity index (χ1n) is 6.35. The predicted molar refractivity (Wildman–Crippen MR) is 83.8 cm³/mol. The number of carbonyl (C=O) groups excluding carboxylic acids is 1. The minimum atomic E-state index is -0.0677. The number of allylic oxidation sites excluding steroid dienone is 1. The second kappa shape index (κ2) is 5.85. The molecule has 1 aromatic heterocycles. The fourth-order valence-electron chi connectivity index (χ4n) is 2.16. The van der Waals surface area contributed by atoms with E-state index in [2.05, 4.69) is 9.59 Å². The Labute approximate surface area is 125 Å². The number of rotatable bonds is 4. The van der Waals surface area contributed by atoms with Gasteiger partial charge in [0.1, 0.15) is 5.75 Å². The highest BCUT2D eigenvalue weighted by Crippen LogP contribution is 2.28. The SMILES string of the molecule is COc1ccc(C(=O)C=Cc2csnn2)c2ccccc12. The molecule has 0 aliphatic carbocycles. The van der Waals surface area contributed by atoms with E-state index in [0.717, 1.165) is 16.5 Å². The van der Waals surface area contributed by atoms with Gasteiger partial charge in [-0.1, -0.05) is 28.8 Å². The normalized spacial score (nSPS) is 11.1. The molecule has 0 aliphatic rings. The van der Waals surface area contributed by atoms with Gasteiger partial charge in [-0.3, -0.25) is 4.79 Å². The average Bonchev–Trinajstić information content (AvgIpc) is 3.05. The predicted octanol–water partition coefficient (Wildman–Crippen LogP) is 3.60. The van der Waals surface area contributed by atoms with Crippen molar-refractivity contribution in [3.63, 3.8) is 0 Å². The van der Waals surface area contributed by atoms with Crippen LogP contribution >= 0.6 is 11.5 Å². The van der Waals surface area contributed by atoms with Crippen molar-refractivity contribution in [2.75, 3.05) is 7.11 Å². The Morgan fingerprint density at radius 3 is 2.71 bits per heavy atom. The zero-order valence-corrected chi connectivity index (χ0v) is 12.1. The van der Waals surface area contributed by atoms with Crippen molar-refractivity contribution in [2.24, 2.45) is 0 Å². The van der Waals surface area contributed by atoms with Crippen molar-refractivity contribution in [3.8, 4) is 5.75 Å². The first-order chi connectivity index (χ1) is 10.3. The molecule has 0 bridgehead atoms. The molecule has 0 saturated heterocycles. The highest BCUT2D eigenvalue weighted by molar-refractivity contribution is 7.03. The monoisotopic (exact) mass is 296 g/mol. The Balaban J connectivity index is 2.02. The van der Waals surface area contributed by atoms with Gasteiger partial charge in [0.05, 0.1) is 12.8 Å². The van der Waals surface area contributed by atoms with Gasteiger partial charge in [0.2, 0.25) is 0 Å². The Bertz CT molecular complexity index is 810. The van der Waals surface area contributed by atoms with Crippen LogP contribution in [0.4, 0.5) is 0 Å². The molecule has 0 unspecified atom stereocenters. The number of ketones is 1. The second-order valence-corrected chi connectivity index (χ2v) is 5.00. The van der Waals surface area contributed by atoms with Crippen molar-refractivity contribution in [1.29, 1.82) is 0 Å². The van der Waals surface area contributed by atoms with E-state index in [1.54, 1.807) is 24.6 Å². The zero-order chi connectivity index (χ0) is 14.7. The van der Waals surface area contributed by atoms with Gasteiger partial charge in [0, 0.05) is 16.3 Å². The van der Waals surface area contributed by atoms with Gasteiger partial charge >= 0.3 is 0 Å². The molecule has 104 valence electrons. The third-order valence-electron chi connectivity index (χ3n) is 3.15. The number of carbonyl (C=O) groups is 1. The second-order valence-electron chi connectivity index (χ2n) is 4.39. The summed E-state index contributed by atoms with van der Waals surface area (Å²) in [5.41, 5.74) is 1.33. The summed E-state index contributed by atoms with van der Waals surface area (Å²) in [7, 11) is 1.62. The molecule has 2 aromatic carbocycles. The Morgan fingerprint density at radius 1 is 1.19 bits per heavy atom. The molecule has 0 spiro atoms. The number of hydrogen-bond donors (Lipinski definition) is 0. The minimum absolute atomic E-state index is 0.0677. The summed E-state index contributed by atoms with van der Waals surface area (Å²) in [5.74, 6) is 0.691. The average molecular weight is 296 g/mol. The summed E-state index contributed by atoms with van der Waals surface area (Å²) >= 11 is 1.25. The van der Waals surface area contributed by atoms with Gasteiger partial charge in [0.15, 0.2) is 5.78 Å². The van der Waals surface area contributed by atoms with E-state index < -0.39 is 0 Å². The summed E-state index contributed by atoms with van der Waals surface area (Å²) in [6.07, 6.45) is 3.19. The molecule has 4 nitrogen and oxygen atoms in total. The van der Waals surface area contributed by atoms with Gasteiger partial charge in [-0.05, 0) is 41.2 Å². The van der Waals surface area contributed by atoms with E-state index in [9.17, 15) is 4.79 Å². The molecular formula is C16H12N2O2S. The molecular weight excluding hydrogens is 284 g/mol. The van der Waals surface area contributed by atoms with Crippen molar-refractivity contribution >= 4 is 34.2 Å². The largest absolute Gasteiger partial charge is 0.496 e. The number of nitrogens with zero attached hydrogens (tertiary/aromatic N) is 2. The Morgan fingerprint density at radius 2 is 2.00 bits per heavy atom. The smallest absolute Gasteiger partial charge is 0.186 e. The van der Waals surface area contributed by atoms with E-state index in [1.165, 1.54) is 17.6 Å². The van der Waals surface area contributed by atoms with Crippen molar-refractivity contribution in [1.82, 2.24) is 9.59 Å². The van der Waals surface area contributed by atoms with Crippen LogP contribution < -0.4 is 4.74 Å². The standard InChI is InChI=1S/C16H12N2O2S/c1-20-16-9-7-13(12-4-2-3-5-14(12)16)15(19)8-6-11-10-21-18-17-11/h2-10H,1H3. The maximum atomic E-state index is 12.4. The number of hydrogen-bond acceptors (Lipinski definition) is 5. The third kappa shape index (κ3) is 2.68. The van der Waals surface area contributed by atoms with Crippen LogP contribution in [0, 0.1) is 0 Å². The van der Waals surface area contributed by atoms with Gasteiger partial charge < -0.3 is 4.74 Å². The van der Waals surface area contributed by atoms with E-state index in [4.69, 9.17) is 4.74 Å². The molecule has 21 heavy (non-hydrogen) atoms. The van der Waals surface area contributed by atoms with Crippen LogP contribution in [-0.2, 0) is 0 Å². The van der Waals surface area contributed by atoms with Gasteiger partial charge in [-0.2, -0.15) is 0 Å². The first-order valence-corrected chi connectivity index (χ1v) is 7.18. The van der Waals surface area contributed by atoms with Crippen LogP contribution in [0.5, 0.6) is 5.75 Å². The molecule has 3 rings (SSSR count). The highest BCUT2D eigenvalue weighted by Gasteiger charge is 2.10. The highest BCUT2D eigenvalue weighted by atomic mass is 32.1. The molecule has 0 atom stereocenters. The first kappa shape index (κ1) is 13.5. The maximum Gasteiger partial charge on any atom is 0.186 e.